The lowest BCUT2D eigenvalue weighted by molar-refractivity contribution is 0.579. The molecule has 0 aliphatic heterocycles. The molecule has 96 valence electrons. The van der Waals surface area contributed by atoms with Crippen LogP contribution in [0.25, 0.3) is 0 Å². The van der Waals surface area contributed by atoms with Gasteiger partial charge >= 0.3 is 0 Å². The summed E-state index contributed by atoms with van der Waals surface area (Å²) in [5, 5.41) is -0.566. The number of benzene rings is 1. The first kappa shape index (κ1) is 14.0. The van der Waals surface area contributed by atoms with Crippen molar-refractivity contribution in [2.24, 2.45) is 5.73 Å². The Morgan fingerprint density at radius 1 is 1.29 bits per heavy atom. The molecular weight excluding hydrogens is 236 g/mol. The predicted molar refractivity (Wildman–Crippen MR) is 71.6 cm³/mol. The Hall–Kier alpha value is -1.07. The van der Waals surface area contributed by atoms with E-state index in [1.165, 1.54) is 4.31 Å². The quantitative estimate of drug-likeness (QED) is 0.868. The number of aryl methyl sites for hydroxylation is 1. The van der Waals surface area contributed by atoms with Crippen molar-refractivity contribution in [2.75, 3.05) is 17.4 Å². The summed E-state index contributed by atoms with van der Waals surface area (Å²) in [5.74, 6) is 0. The van der Waals surface area contributed by atoms with Gasteiger partial charge in [-0.2, -0.15) is 0 Å². The fourth-order valence-corrected chi connectivity index (χ4v) is 3.01. The lowest BCUT2D eigenvalue weighted by Crippen LogP contribution is -2.40. The molecule has 5 heteroatoms. The molecule has 0 heterocycles. The van der Waals surface area contributed by atoms with Gasteiger partial charge in [-0.05, 0) is 32.9 Å². The zero-order valence-corrected chi connectivity index (χ0v) is 11.4. The van der Waals surface area contributed by atoms with Gasteiger partial charge in [-0.3, -0.25) is 4.31 Å². The van der Waals surface area contributed by atoms with Crippen LogP contribution in [0, 0.1) is 6.92 Å². The molecule has 1 aromatic rings. The molecule has 4 nitrogen and oxygen atoms in total. The van der Waals surface area contributed by atoms with Crippen molar-refractivity contribution in [3.05, 3.63) is 29.8 Å². The summed E-state index contributed by atoms with van der Waals surface area (Å²) >= 11 is 0. The molecule has 1 rings (SSSR count). The van der Waals surface area contributed by atoms with Crippen LogP contribution in [0.15, 0.2) is 24.3 Å². The summed E-state index contributed by atoms with van der Waals surface area (Å²) in [7, 11) is -3.36. The van der Waals surface area contributed by atoms with E-state index in [1.54, 1.807) is 6.92 Å². The van der Waals surface area contributed by atoms with Crippen LogP contribution < -0.4 is 10.0 Å². The number of nitrogens with two attached hydrogens (primary N) is 1. The van der Waals surface area contributed by atoms with Crippen LogP contribution in [-0.4, -0.2) is 26.8 Å². The first-order valence-electron chi connectivity index (χ1n) is 5.71. The zero-order chi connectivity index (χ0) is 13.1. The SMILES string of the molecule is CCN(c1ccc(C)cc1)S(=O)(=O)C(C)CN. The maximum absolute atomic E-state index is 12.2. The highest BCUT2D eigenvalue weighted by Gasteiger charge is 2.26. The van der Waals surface area contributed by atoms with Crippen molar-refractivity contribution in [2.45, 2.75) is 26.0 Å². The van der Waals surface area contributed by atoms with Gasteiger partial charge in [-0.1, -0.05) is 17.7 Å². The van der Waals surface area contributed by atoms with Gasteiger partial charge in [0.2, 0.25) is 10.0 Å². The van der Waals surface area contributed by atoms with E-state index in [-0.39, 0.29) is 6.54 Å². The largest absolute Gasteiger partial charge is 0.329 e. The van der Waals surface area contributed by atoms with Gasteiger partial charge < -0.3 is 5.73 Å². The highest BCUT2D eigenvalue weighted by molar-refractivity contribution is 7.93. The van der Waals surface area contributed by atoms with E-state index in [0.29, 0.717) is 12.2 Å². The van der Waals surface area contributed by atoms with Gasteiger partial charge in [0, 0.05) is 13.1 Å². The van der Waals surface area contributed by atoms with Crippen molar-refractivity contribution < 1.29 is 8.42 Å². The summed E-state index contributed by atoms with van der Waals surface area (Å²) < 4.78 is 25.9. The second-order valence-electron chi connectivity index (χ2n) is 4.09. The molecule has 0 aliphatic carbocycles. The van der Waals surface area contributed by atoms with Crippen LogP contribution in [-0.2, 0) is 10.0 Å². The van der Waals surface area contributed by atoms with Crippen LogP contribution in [0.4, 0.5) is 5.69 Å². The maximum Gasteiger partial charge on any atom is 0.239 e. The first-order valence-corrected chi connectivity index (χ1v) is 7.22. The van der Waals surface area contributed by atoms with Crippen molar-refractivity contribution in [1.29, 1.82) is 0 Å². The molecule has 0 aliphatic rings. The average Bonchev–Trinajstić information content (AvgIpc) is 2.31. The van der Waals surface area contributed by atoms with Gasteiger partial charge in [-0.25, -0.2) is 8.42 Å². The fraction of sp³-hybridized carbons (Fsp3) is 0.500. The molecule has 0 saturated carbocycles. The Balaban J connectivity index is 3.12. The molecule has 17 heavy (non-hydrogen) atoms. The summed E-state index contributed by atoms with van der Waals surface area (Å²) in [5.41, 5.74) is 7.25. The summed E-state index contributed by atoms with van der Waals surface area (Å²) in [4.78, 5) is 0. The van der Waals surface area contributed by atoms with Crippen LogP contribution >= 0.6 is 0 Å². The number of sulfonamides is 1. The van der Waals surface area contributed by atoms with E-state index in [0.717, 1.165) is 5.56 Å². The normalized spacial score (nSPS) is 13.4. The molecule has 0 spiro atoms. The third kappa shape index (κ3) is 2.98. The van der Waals surface area contributed by atoms with E-state index in [2.05, 4.69) is 0 Å². The van der Waals surface area contributed by atoms with Gasteiger partial charge in [-0.15, -0.1) is 0 Å². The Bertz CT molecular complexity index is 454. The molecule has 0 bridgehead atoms. The Morgan fingerprint density at radius 3 is 2.24 bits per heavy atom. The monoisotopic (exact) mass is 256 g/mol. The maximum atomic E-state index is 12.2. The highest BCUT2D eigenvalue weighted by Crippen LogP contribution is 2.20. The standard InChI is InChI=1S/C12H20N2O2S/c1-4-14(17(15,16)11(3)9-13)12-7-5-10(2)6-8-12/h5-8,11H,4,9,13H2,1-3H3. The van der Waals surface area contributed by atoms with E-state index in [1.807, 2.05) is 38.1 Å². The molecule has 1 unspecified atom stereocenters. The van der Waals surface area contributed by atoms with E-state index in [9.17, 15) is 8.42 Å². The van der Waals surface area contributed by atoms with Crippen molar-refractivity contribution in [3.8, 4) is 0 Å². The van der Waals surface area contributed by atoms with Crippen molar-refractivity contribution in [3.63, 3.8) is 0 Å². The highest BCUT2D eigenvalue weighted by atomic mass is 32.2. The second kappa shape index (κ2) is 5.51. The van der Waals surface area contributed by atoms with Crippen LogP contribution in [0.1, 0.15) is 19.4 Å². The number of hydrogen-bond acceptors (Lipinski definition) is 3. The number of hydrogen-bond donors (Lipinski definition) is 1. The molecule has 0 aromatic heterocycles. The van der Waals surface area contributed by atoms with E-state index in [4.69, 9.17) is 5.73 Å². The number of nitrogens with zero attached hydrogens (tertiary/aromatic N) is 1. The summed E-state index contributed by atoms with van der Waals surface area (Å²) in [6.45, 7) is 5.96. The van der Waals surface area contributed by atoms with Crippen LogP contribution in [0.3, 0.4) is 0 Å². The van der Waals surface area contributed by atoms with Gasteiger partial charge in [0.15, 0.2) is 0 Å². The smallest absolute Gasteiger partial charge is 0.239 e. The Kier molecular flexibility index (Phi) is 4.54. The van der Waals surface area contributed by atoms with Crippen molar-refractivity contribution in [1.82, 2.24) is 0 Å². The average molecular weight is 256 g/mol. The van der Waals surface area contributed by atoms with E-state index < -0.39 is 15.3 Å². The predicted octanol–water partition coefficient (Wildman–Crippen LogP) is 1.50. The van der Waals surface area contributed by atoms with Crippen molar-refractivity contribution >= 4 is 15.7 Å². The van der Waals surface area contributed by atoms with Crippen LogP contribution in [0.5, 0.6) is 0 Å². The minimum Gasteiger partial charge on any atom is -0.329 e. The summed E-state index contributed by atoms with van der Waals surface area (Å²) in [6, 6.07) is 7.44. The Morgan fingerprint density at radius 2 is 1.82 bits per heavy atom. The number of rotatable bonds is 5. The zero-order valence-electron chi connectivity index (χ0n) is 10.6. The second-order valence-corrected chi connectivity index (χ2v) is 6.37. The van der Waals surface area contributed by atoms with Gasteiger partial charge in [0.05, 0.1) is 10.9 Å². The fourth-order valence-electron chi connectivity index (χ4n) is 1.56. The summed E-state index contributed by atoms with van der Waals surface area (Å²) in [6.07, 6.45) is 0. The lowest BCUT2D eigenvalue weighted by atomic mass is 10.2. The number of anilines is 1. The lowest BCUT2D eigenvalue weighted by Gasteiger charge is -2.26. The third-order valence-electron chi connectivity index (χ3n) is 2.76. The first-order chi connectivity index (χ1) is 7.93. The third-order valence-corrected chi connectivity index (χ3v) is 5.05. The molecule has 0 amide bonds. The molecule has 0 fully saturated rings. The molecule has 0 radical (unpaired) electrons. The topological polar surface area (TPSA) is 63.4 Å². The molecule has 1 atom stereocenters. The molecular formula is C12H20N2O2S. The Labute approximate surface area is 103 Å². The van der Waals surface area contributed by atoms with Gasteiger partial charge in [0.1, 0.15) is 0 Å². The van der Waals surface area contributed by atoms with Crippen LogP contribution in [0.2, 0.25) is 0 Å². The van der Waals surface area contributed by atoms with Gasteiger partial charge in [0.25, 0.3) is 0 Å². The molecule has 2 N–H and O–H groups in total. The minimum absolute atomic E-state index is 0.130. The van der Waals surface area contributed by atoms with E-state index >= 15 is 0 Å². The molecule has 0 saturated heterocycles. The molecule has 1 aromatic carbocycles. The minimum atomic E-state index is -3.36.